The van der Waals surface area contributed by atoms with Gasteiger partial charge in [0.05, 0.1) is 0 Å². The van der Waals surface area contributed by atoms with Crippen LogP contribution in [0.2, 0.25) is 0 Å². The molecule has 0 saturated carbocycles. The quantitative estimate of drug-likeness (QED) is 0.307. The van der Waals surface area contributed by atoms with Crippen molar-refractivity contribution in [2.45, 2.75) is 0 Å². The minimum absolute atomic E-state index is 0.966. The van der Waals surface area contributed by atoms with Crippen LogP contribution in [0.15, 0.2) is 158 Å². The third kappa shape index (κ3) is 2.97. The fourth-order valence-electron chi connectivity index (χ4n) is 7.72. The molecule has 8 rings (SSSR count). The number of hydrogen-bond donors (Lipinski definition) is 0. The van der Waals surface area contributed by atoms with Gasteiger partial charge in [-0.05, 0) is 0 Å². The van der Waals surface area contributed by atoms with Crippen molar-refractivity contribution in [3.63, 3.8) is 0 Å². The SMILES string of the molecule is c1ccc([Si]2([SiH-]3(c4ccccc4)c4ccccc4Oc4ccccc43)c3ccccc3Oc3ccccc32)cc1. The van der Waals surface area contributed by atoms with Gasteiger partial charge in [0.25, 0.3) is 0 Å². The van der Waals surface area contributed by atoms with Gasteiger partial charge in [0.15, 0.2) is 0 Å². The van der Waals surface area contributed by atoms with Gasteiger partial charge >= 0.3 is 237 Å². The van der Waals surface area contributed by atoms with E-state index >= 15 is 0 Å². The Kier molecular flexibility index (Phi) is 5.20. The van der Waals surface area contributed by atoms with Crippen molar-refractivity contribution in [3.05, 3.63) is 158 Å². The van der Waals surface area contributed by atoms with Gasteiger partial charge in [-0.2, -0.15) is 0 Å². The van der Waals surface area contributed by atoms with Crippen molar-refractivity contribution >= 4 is 46.3 Å². The number of fused-ring (bicyclic) bond motifs is 4. The predicted molar refractivity (Wildman–Crippen MR) is 170 cm³/mol. The zero-order valence-electron chi connectivity index (χ0n) is 21.9. The molecule has 0 unspecified atom stereocenters. The number of benzene rings is 6. The second-order valence-corrected chi connectivity index (χ2v) is 22.8. The van der Waals surface area contributed by atoms with E-state index in [2.05, 4.69) is 158 Å². The molecule has 192 valence electrons. The summed E-state index contributed by atoms with van der Waals surface area (Å²) in [6.45, 7) is 0. The van der Waals surface area contributed by atoms with E-state index in [1.165, 1.54) is 31.1 Å². The van der Waals surface area contributed by atoms with Crippen molar-refractivity contribution in [2.24, 2.45) is 0 Å². The van der Waals surface area contributed by atoms with Gasteiger partial charge in [-0.1, -0.05) is 0 Å². The topological polar surface area (TPSA) is 18.5 Å². The number of rotatable bonds is 3. The van der Waals surface area contributed by atoms with Crippen molar-refractivity contribution in [1.29, 1.82) is 0 Å². The van der Waals surface area contributed by atoms with Gasteiger partial charge in [0.1, 0.15) is 0 Å². The fraction of sp³-hybridized carbons (Fsp3) is 0. The molecule has 0 saturated heterocycles. The predicted octanol–water partition coefficient (Wildman–Crippen LogP) is 4.35. The summed E-state index contributed by atoms with van der Waals surface area (Å²) in [6.07, 6.45) is 0. The molecule has 0 atom stereocenters. The van der Waals surface area contributed by atoms with Crippen LogP contribution in [0.5, 0.6) is 23.0 Å². The molecule has 0 radical (unpaired) electrons. The second kappa shape index (κ2) is 8.95. The van der Waals surface area contributed by atoms with E-state index in [0.29, 0.717) is 0 Å². The molecule has 0 spiro atoms. The normalized spacial score (nSPS) is 16.1. The Bertz CT molecular complexity index is 1640. The fourth-order valence-corrected chi connectivity index (χ4v) is 30.4. The van der Waals surface area contributed by atoms with Crippen molar-refractivity contribution in [1.82, 2.24) is 0 Å². The van der Waals surface area contributed by atoms with Gasteiger partial charge in [-0.15, -0.1) is 0 Å². The van der Waals surface area contributed by atoms with Gasteiger partial charge in [-0.3, -0.25) is 0 Å². The van der Waals surface area contributed by atoms with Crippen LogP contribution in [0.3, 0.4) is 0 Å². The Morgan fingerprint density at radius 3 is 1.32 bits per heavy atom. The van der Waals surface area contributed by atoms with Gasteiger partial charge in [0, 0.05) is 0 Å². The minimum atomic E-state index is -3.44. The molecule has 0 N–H and O–H groups in total. The first-order valence-electron chi connectivity index (χ1n) is 13.9. The molecule has 40 heavy (non-hydrogen) atoms. The summed E-state index contributed by atoms with van der Waals surface area (Å²) in [5.41, 5.74) is 0. The number of para-hydroxylation sites is 4. The molecule has 2 nitrogen and oxygen atoms in total. The number of ether oxygens (including phenoxy) is 2. The first-order valence-corrected chi connectivity index (χ1v) is 19.4. The van der Waals surface area contributed by atoms with E-state index in [4.69, 9.17) is 9.47 Å². The van der Waals surface area contributed by atoms with Crippen LogP contribution in [0, 0.1) is 0 Å². The van der Waals surface area contributed by atoms with Crippen molar-refractivity contribution in [3.8, 4) is 23.0 Å². The molecule has 0 aromatic heterocycles. The van der Waals surface area contributed by atoms with Crippen LogP contribution in [0.4, 0.5) is 0 Å². The Balaban J connectivity index is 1.70. The van der Waals surface area contributed by atoms with E-state index in [1.807, 2.05) is 0 Å². The van der Waals surface area contributed by atoms with Gasteiger partial charge in [0.2, 0.25) is 0 Å². The summed E-state index contributed by atoms with van der Waals surface area (Å²) < 4.78 is 13.5. The van der Waals surface area contributed by atoms with Gasteiger partial charge in [-0.25, -0.2) is 0 Å². The summed E-state index contributed by atoms with van der Waals surface area (Å²) >= 11 is 0. The van der Waals surface area contributed by atoms with E-state index in [9.17, 15) is 0 Å². The average Bonchev–Trinajstić information content (AvgIpc) is 3.03. The van der Waals surface area contributed by atoms with Crippen molar-refractivity contribution < 1.29 is 9.47 Å². The molecular formula is C36H27O2Si2-. The second-order valence-electron chi connectivity index (χ2n) is 10.7. The van der Waals surface area contributed by atoms with Crippen LogP contribution >= 0.6 is 0 Å². The zero-order chi connectivity index (χ0) is 26.6. The standard InChI is InChI=1S/C36H27O2Si2/c1-3-15-27(16-4-1)39(33-23-11-7-19-29(33)37-30-20-8-12-24-34(30)39)40(28-17-5-2-6-18-28)35-25-13-9-21-31(35)38-32-22-10-14-26-36(32)40/h1-26,39H/q-1. The molecule has 0 amide bonds. The summed E-state index contributed by atoms with van der Waals surface area (Å²) in [7, 11) is -6.37. The van der Waals surface area contributed by atoms with Crippen LogP contribution in [0.25, 0.3) is 0 Å². The average molecular weight is 548 g/mol. The molecule has 6 aromatic carbocycles. The molecule has 0 fully saturated rings. The van der Waals surface area contributed by atoms with Crippen molar-refractivity contribution in [2.75, 3.05) is 0 Å². The monoisotopic (exact) mass is 547 g/mol. The van der Waals surface area contributed by atoms with E-state index in [1.54, 1.807) is 0 Å². The molecule has 2 aliphatic rings. The summed E-state index contributed by atoms with van der Waals surface area (Å²) in [4.78, 5) is 0. The molecule has 2 heterocycles. The van der Waals surface area contributed by atoms with E-state index < -0.39 is 15.2 Å². The molecule has 4 heteroatoms. The Labute approximate surface area is 235 Å². The zero-order valence-corrected chi connectivity index (χ0v) is 24.1. The Hall–Kier alpha value is -4.65. The first-order chi connectivity index (χ1) is 19.8. The molecule has 6 aromatic rings. The van der Waals surface area contributed by atoms with Crippen LogP contribution < -0.4 is 40.6 Å². The van der Waals surface area contributed by atoms with Gasteiger partial charge < -0.3 is 0 Å². The Morgan fingerprint density at radius 1 is 0.375 bits per heavy atom. The maximum atomic E-state index is 6.73. The van der Waals surface area contributed by atoms with Crippen LogP contribution in [0.1, 0.15) is 0 Å². The summed E-state index contributed by atoms with van der Waals surface area (Å²) in [6, 6.07) is 57.8. The summed E-state index contributed by atoms with van der Waals surface area (Å²) in [5, 5.41) is 8.18. The third-order valence-electron chi connectivity index (χ3n) is 9.01. The number of hydrogen-bond acceptors (Lipinski definition) is 2. The van der Waals surface area contributed by atoms with Crippen LogP contribution in [-0.2, 0) is 0 Å². The van der Waals surface area contributed by atoms with Crippen LogP contribution in [-0.4, -0.2) is 15.2 Å². The third-order valence-corrected chi connectivity index (χ3v) is 27.9. The van der Waals surface area contributed by atoms with E-state index in [0.717, 1.165) is 23.0 Å². The Morgan fingerprint density at radius 2 is 0.775 bits per heavy atom. The molecule has 0 bridgehead atoms. The van der Waals surface area contributed by atoms with E-state index in [-0.39, 0.29) is 0 Å². The molecular weight excluding hydrogens is 521 g/mol. The summed E-state index contributed by atoms with van der Waals surface area (Å²) in [5.74, 6) is 3.88. The molecule has 2 aliphatic heterocycles. The maximum absolute atomic E-state index is 6.73. The first kappa shape index (κ1) is 23.3. The molecule has 0 aliphatic carbocycles.